The summed E-state index contributed by atoms with van der Waals surface area (Å²) in [5.41, 5.74) is 2.21. The number of rotatable bonds is 4. The molecule has 0 aliphatic carbocycles. The summed E-state index contributed by atoms with van der Waals surface area (Å²) in [6.45, 7) is 2.91. The second-order valence-electron chi connectivity index (χ2n) is 3.85. The van der Waals surface area contributed by atoms with E-state index in [0.717, 1.165) is 26.7 Å². The van der Waals surface area contributed by atoms with Crippen LogP contribution in [0.1, 0.15) is 24.2 Å². The number of hydrogen-bond acceptors (Lipinski definition) is 3. The van der Waals surface area contributed by atoms with Crippen LogP contribution in [0.15, 0.2) is 33.6 Å². The molecule has 0 bridgehead atoms. The molecule has 1 unspecified atom stereocenters. The van der Waals surface area contributed by atoms with Crippen molar-refractivity contribution < 1.29 is 0 Å². The van der Waals surface area contributed by atoms with E-state index in [0.29, 0.717) is 0 Å². The van der Waals surface area contributed by atoms with Crippen molar-refractivity contribution in [2.24, 2.45) is 0 Å². The van der Waals surface area contributed by atoms with Crippen molar-refractivity contribution in [3.8, 4) is 0 Å². The highest BCUT2D eigenvalue weighted by Gasteiger charge is 2.20. The molecule has 2 heterocycles. The molecule has 0 saturated heterocycles. The minimum absolute atomic E-state index is 0.0619. The predicted octanol–water partition coefficient (Wildman–Crippen LogP) is 3.13. The molecule has 1 N–H and O–H groups in total. The van der Waals surface area contributed by atoms with Gasteiger partial charge < -0.3 is 5.32 Å². The Morgan fingerprint density at radius 2 is 2.11 bits per heavy atom. The lowest BCUT2D eigenvalue weighted by atomic mass is 10.1. The van der Waals surface area contributed by atoms with Crippen LogP contribution >= 0.6 is 31.9 Å². The topological polar surface area (TPSA) is 42.7 Å². The van der Waals surface area contributed by atoms with Crippen LogP contribution in [0.2, 0.25) is 0 Å². The molecule has 6 heteroatoms. The molecule has 0 radical (unpaired) electrons. The Bertz CT molecular complexity index is 539. The van der Waals surface area contributed by atoms with Gasteiger partial charge in [-0.25, -0.2) is 0 Å². The number of nitrogens with zero attached hydrogens (tertiary/aromatic N) is 3. The molecule has 96 valence electrons. The van der Waals surface area contributed by atoms with Crippen LogP contribution in [0, 0.1) is 0 Å². The van der Waals surface area contributed by atoms with Crippen LogP contribution in [0.3, 0.4) is 0 Å². The summed E-state index contributed by atoms with van der Waals surface area (Å²) in [7, 11) is 1.94. The molecular formula is C12H14Br2N4. The Labute approximate surface area is 123 Å². The second-order valence-corrected chi connectivity index (χ2v) is 5.62. The number of hydrogen-bond donors (Lipinski definition) is 1. The van der Waals surface area contributed by atoms with Gasteiger partial charge in [-0.3, -0.25) is 9.67 Å². The summed E-state index contributed by atoms with van der Waals surface area (Å²) < 4.78 is 3.95. The SMILES string of the molecule is CCn1ncc(Br)c1C(NC)c1cncc(Br)c1. The van der Waals surface area contributed by atoms with Gasteiger partial charge >= 0.3 is 0 Å². The first kappa shape index (κ1) is 13.7. The van der Waals surface area contributed by atoms with Gasteiger partial charge in [0, 0.05) is 23.4 Å². The fourth-order valence-corrected chi connectivity index (χ4v) is 2.87. The molecule has 0 aromatic carbocycles. The smallest absolute Gasteiger partial charge is 0.0772 e. The van der Waals surface area contributed by atoms with Crippen molar-refractivity contribution in [3.05, 3.63) is 44.9 Å². The second kappa shape index (κ2) is 5.95. The van der Waals surface area contributed by atoms with Crippen molar-refractivity contribution >= 4 is 31.9 Å². The lowest BCUT2D eigenvalue weighted by Gasteiger charge is -2.18. The predicted molar refractivity (Wildman–Crippen MR) is 78.4 cm³/mol. The average molecular weight is 374 g/mol. The van der Waals surface area contributed by atoms with Crippen LogP contribution in [0.25, 0.3) is 0 Å². The van der Waals surface area contributed by atoms with Crippen LogP contribution in [-0.4, -0.2) is 21.8 Å². The van der Waals surface area contributed by atoms with Gasteiger partial charge in [-0.15, -0.1) is 0 Å². The number of aromatic nitrogens is 3. The Morgan fingerprint density at radius 3 is 2.72 bits per heavy atom. The third kappa shape index (κ3) is 2.65. The van der Waals surface area contributed by atoms with E-state index in [9.17, 15) is 0 Å². The van der Waals surface area contributed by atoms with Crippen LogP contribution in [0.5, 0.6) is 0 Å². The largest absolute Gasteiger partial charge is 0.308 e. The van der Waals surface area contributed by atoms with Crippen molar-refractivity contribution in [1.29, 1.82) is 0 Å². The van der Waals surface area contributed by atoms with Crippen molar-refractivity contribution in [2.45, 2.75) is 19.5 Å². The molecule has 0 spiro atoms. The standard InChI is InChI=1S/C12H14Br2N4/c1-3-18-12(10(14)7-17-18)11(15-2)8-4-9(13)6-16-5-8/h4-7,11,15H,3H2,1-2H3. The van der Waals surface area contributed by atoms with E-state index in [4.69, 9.17) is 0 Å². The minimum atomic E-state index is 0.0619. The fraction of sp³-hybridized carbons (Fsp3) is 0.333. The maximum atomic E-state index is 4.35. The average Bonchev–Trinajstić information content (AvgIpc) is 2.72. The first-order chi connectivity index (χ1) is 8.67. The van der Waals surface area contributed by atoms with E-state index in [2.05, 4.69) is 60.2 Å². The summed E-state index contributed by atoms with van der Waals surface area (Å²) >= 11 is 7.01. The van der Waals surface area contributed by atoms with Crippen LogP contribution < -0.4 is 5.32 Å². The highest BCUT2D eigenvalue weighted by molar-refractivity contribution is 9.10. The highest BCUT2D eigenvalue weighted by atomic mass is 79.9. The Kier molecular flexibility index (Phi) is 4.53. The van der Waals surface area contributed by atoms with E-state index < -0.39 is 0 Å². The van der Waals surface area contributed by atoms with E-state index in [1.54, 1.807) is 6.20 Å². The molecule has 4 nitrogen and oxygen atoms in total. The van der Waals surface area contributed by atoms with E-state index in [1.165, 1.54) is 0 Å². The maximum Gasteiger partial charge on any atom is 0.0772 e. The van der Waals surface area contributed by atoms with E-state index >= 15 is 0 Å². The first-order valence-corrected chi connectivity index (χ1v) is 7.24. The molecule has 2 rings (SSSR count). The summed E-state index contributed by atoms with van der Waals surface area (Å²) in [4.78, 5) is 4.22. The normalized spacial score (nSPS) is 12.7. The highest BCUT2D eigenvalue weighted by Crippen LogP contribution is 2.29. The summed E-state index contributed by atoms with van der Waals surface area (Å²) in [6, 6.07) is 2.12. The van der Waals surface area contributed by atoms with Crippen LogP contribution in [0.4, 0.5) is 0 Å². The molecular weight excluding hydrogens is 360 g/mol. The van der Waals surface area contributed by atoms with Gasteiger partial charge in [0.2, 0.25) is 0 Å². The Hall–Kier alpha value is -0.720. The summed E-state index contributed by atoms with van der Waals surface area (Å²) in [5.74, 6) is 0. The van der Waals surface area contributed by atoms with Crippen molar-refractivity contribution in [2.75, 3.05) is 7.05 Å². The maximum absolute atomic E-state index is 4.35. The first-order valence-electron chi connectivity index (χ1n) is 5.66. The number of aryl methyl sites for hydroxylation is 1. The Morgan fingerprint density at radius 1 is 1.33 bits per heavy atom. The zero-order valence-electron chi connectivity index (χ0n) is 10.2. The lowest BCUT2D eigenvalue weighted by Crippen LogP contribution is -2.22. The van der Waals surface area contributed by atoms with Gasteiger partial charge in [-0.1, -0.05) is 0 Å². The zero-order valence-corrected chi connectivity index (χ0v) is 13.4. The number of nitrogens with one attached hydrogen (secondary N) is 1. The van der Waals surface area contributed by atoms with E-state index in [1.807, 2.05) is 24.1 Å². The van der Waals surface area contributed by atoms with E-state index in [-0.39, 0.29) is 6.04 Å². The minimum Gasteiger partial charge on any atom is -0.308 e. The van der Waals surface area contributed by atoms with Gasteiger partial charge in [-0.2, -0.15) is 5.10 Å². The van der Waals surface area contributed by atoms with Crippen molar-refractivity contribution in [3.63, 3.8) is 0 Å². The number of halogens is 2. The Balaban J connectivity index is 2.48. The number of pyridine rings is 1. The molecule has 18 heavy (non-hydrogen) atoms. The molecule has 0 saturated carbocycles. The molecule has 0 fully saturated rings. The van der Waals surface area contributed by atoms with Gasteiger partial charge in [0.05, 0.1) is 22.4 Å². The zero-order chi connectivity index (χ0) is 13.1. The lowest BCUT2D eigenvalue weighted by molar-refractivity contribution is 0.560. The third-order valence-corrected chi connectivity index (χ3v) is 3.80. The summed E-state index contributed by atoms with van der Waals surface area (Å²) in [6.07, 6.45) is 5.47. The van der Waals surface area contributed by atoms with Crippen LogP contribution in [-0.2, 0) is 6.54 Å². The molecule has 2 aromatic rings. The fourth-order valence-electron chi connectivity index (χ4n) is 1.96. The van der Waals surface area contributed by atoms with Gasteiger partial charge in [0.25, 0.3) is 0 Å². The quantitative estimate of drug-likeness (QED) is 0.895. The summed E-state index contributed by atoms with van der Waals surface area (Å²) in [5, 5.41) is 7.66. The molecule has 2 aromatic heterocycles. The van der Waals surface area contributed by atoms with Crippen molar-refractivity contribution in [1.82, 2.24) is 20.1 Å². The molecule has 0 aliphatic rings. The molecule has 0 amide bonds. The molecule has 1 atom stereocenters. The van der Waals surface area contributed by atoms with Gasteiger partial charge in [0.15, 0.2) is 0 Å². The van der Waals surface area contributed by atoms with Gasteiger partial charge in [0.1, 0.15) is 0 Å². The third-order valence-electron chi connectivity index (χ3n) is 2.75. The molecule has 0 aliphatic heterocycles. The van der Waals surface area contributed by atoms with Gasteiger partial charge in [-0.05, 0) is 57.5 Å². The monoisotopic (exact) mass is 372 g/mol.